The van der Waals surface area contributed by atoms with Crippen molar-refractivity contribution in [3.63, 3.8) is 0 Å². The largest absolute Gasteiger partial charge is 0.461 e. The van der Waals surface area contributed by atoms with Gasteiger partial charge in [-0.05, 0) is 75.7 Å². The predicted octanol–water partition coefficient (Wildman–Crippen LogP) is 7.56. The zero-order chi connectivity index (χ0) is 40.6. The van der Waals surface area contributed by atoms with Crippen LogP contribution in [0.5, 0.6) is 11.8 Å². The molecule has 4 atom stereocenters. The molecular formula is C38H38F6N6O5. The number of pyridine rings is 1. The summed E-state index contributed by atoms with van der Waals surface area (Å²) in [5.74, 6) is -6.10. The number of benzene rings is 2. The zero-order valence-corrected chi connectivity index (χ0v) is 30.0. The molecule has 55 heavy (non-hydrogen) atoms. The average Bonchev–Trinajstić information content (AvgIpc) is 3.49. The molecule has 0 unspecified atom stereocenters. The Bertz CT molecular complexity index is 2310. The quantitative estimate of drug-likeness (QED) is 0.180. The number of anilines is 2. The Balaban J connectivity index is 1.31. The average molecular weight is 775 g/mol. The highest BCUT2D eigenvalue weighted by Crippen LogP contribution is 2.47. The number of ether oxygens (including phenoxy) is 4. The van der Waals surface area contributed by atoms with E-state index in [9.17, 15) is 18.0 Å². The Kier molecular flexibility index (Phi) is 8.80. The molecule has 11 nitrogen and oxygen atoms in total. The minimum absolute atomic E-state index is 0.0233. The summed E-state index contributed by atoms with van der Waals surface area (Å²) in [6.45, 7) is 2.55. The fourth-order valence-corrected chi connectivity index (χ4v) is 8.10. The molecule has 1 N–H and O–H groups in total. The van der Waals surface area contributed by atoms with Gasteiger partial charge < -0.3 is 23.8 Å². The number of amides is 1. The van der Waals surface area contributed by atoms with Crippen LogP contribution in [0.3, 0.4) is 0 Å². The molecule has 0 spiro atoms. The van der Waals surface area contributed by atoms with Crippen LogP contribution in [0.4, 0.5) is 42.6 Å². The van der Waals surface area contributed by atoms with Crippen molar-refractivity contribution in [1.82, 2.24) is 19.9 Å². The van der Waals surface area contributed by atoms with E-state index in [1.807, 2.05) is 0 Å². The van der Waals surface area contributed by atoms with E-state index in [1.165, 1.54) is 6.20 Å². The number of nitrogens with one attached hydrogen (secondary N) is 1. The third kappa shape index (κ3) is 6.74. The molecule has 1 amide bonds. The molecule has 4 aromatic rings. The Morgan fingerprint density at radius 3 is 2.75 bits per heavy atom. The third-order valence-corrected chi connectivity index (χ3v) is 10.5. The van der Waals surface area contributed by atoms with Crippen LogP contribution in [0.1, 0.15) is 42.8 Å². The van der Waals surface area contributed by atoms with Gasteiger partial charge in [-0.2, -0.15) is 14.4 Å². The molecule has 0 bridgehead atoms. The lowest BCUT2D eigenvalue weighted by Gasteiger charge is -2.31. The summed E-state index contributed by atoms with van der Waals surface area (Å²) in [6.07, 6.45) is 1.52. The Morgan fingerprint density at radius 1 is 1.16 bits per heavy atom. The van der Waals surface area contributed by atoms with Crippen molar-refractivity contribution in [2.75, 3.05) is 56.5 Å². The monoisotopic (exact) mass is 774 g/mol. The molecule has 1 aliphatic carbocycles. The lowest BCUT2D eigenvalue weighted by atomic mass is 9.94. The molecule has 2 aromatic carbocycles. The zero-order valence-electron chi connectivity index (χ0n) is 32.0. The number of nitrogens with zero attached hydrogens (tertiary/aromatic N) is 5. The van der Waals surface area contributed by atoms with Crippen LogP contribution in [0.15, 0.2) is 36.3 Å². The summed E-state index contributed by atoms with van der Waals surface area (Å²) in [5, 5.41) is 1.74. The van der Waals surface area contributed by atoms with Crippen LogP contribution < -0.4 is 19.7 Å². The van der Waals surface area contributed by atoms with Gasteiger partial charge in [-0.25, -0.2) is 26.7 Å². The van der Waals surface area contributed by atoms with Crippen LogP contribution in [-0.2, 0) is 9.47 Å². The van der Waals surface area contributed by atoms with Gasteiger partial charge in [-0.1, -0.05) is 0 Å². The van der Waals surface area contributed by atoms with E-state index in [-0.39, 0.29) is 65.7 Å². The van der Waals surface area contributed by atoms with E-state index >= 15 is 13.2 Å². The van der Waals surface area contributed by atoms with Crippen LogP contribution >= 0.6 is 0 Å². The number of rotatable bonds is 8. The summed E-state index contributed by atoms with van der Waals surface area (Å²) >= 11 is 0. The van der Waals surface area contributed by atoms with Crippen molar-refractivity contribution in [1.29, 1.82) is 0 Å². The molecule has 292 valence electrons. The first kappa shape index (κ1) is 34.6. The first-order valence-electron chi connectivity index (χ1n) is 18.8. The second-order valence-corrected chi connectivity index (χ2v) is 15.3. The SMILES string of the molecule is [2H]C([2H])(F)Oc1c(F)c(F)cc2cc(NC(=O)OC(C)(C)C)cc(-c3ncc4c(N5CCOC[C@H]6[C@H](F)[C@H]65)nc(OC[C@@]56CCCN5C/C(=C\F)C6)nc4c3F)c12. The molecule has 5 heterocycles. The number of aromatic nitrogens is 3. The summed E-state index contributed by atoms with van der Waals surface area (Å²) in [4.78, 5) is 30.0. The van der Waals surface area contributed by atoms with Gasteiger partial charge >= 0.3 is 12.1 Å². The van der Waals surface area contributed by atoms with Crippen molar-refractivity contribution in [3.05, 3.63) is 53.8 Å². The van der Waals surface area contributed by atoms with Gasteiger partial charge in [0.15, 0.2) is 17.4 Å². The maximum atomic E-state index is 17.3. The number of halogens is 6. The van der Waals surface area contributed by atoms with Gasteiger partial charge in [0.25, 0.3) is 0 Å². The number of fused-ring (bicyclic) bond motifs is 4. The van der Waals surface area contributed by atoms with Crippen molar-refractivity contribution >= 4 is 39.3 Å². The molecular weight excluding hydrogens is 734 g/mol. The molecule has 2 aromatic heterocycles. The van der Waals surface area contributed by atoms with E-state index < -0.39 is 76.5 Å². The van der Waals surface area contributed by atoms with Gasteiger partial charge in [-0.15, -0.1) is 0 Å². The number of hydrogen-bond donors (Lipinski definition) is 1. The molecule has 8 rings (SSSR count). The van der Waals surface area contributed by atoms with Crippen molar-refractivity contribution in [2.24, 2.45) is 5.92 Å². The second kappa shape index (κ2) is 14.0. The van der Waals surface area contributed by atoms with Gasteiger partial charge in [-0.3, -0.25) is 15.2 Å². The smallest absolute Gasteiger partial charge is 0.412 e. The van der Waals surface area contributed by atoms with Gasteiger partial charge in [0.2, 0.25) is 12.6 Å². The number of alkyl halides is 2. The van der Waals surface area contributed by atoms with Gasteiger partial charge in [0.05, 0.1) is 36.5 Å². The Morgan fingerprint density at radius 2 is 1.98 bits per heavy atom. The highest BCUT2D eigenvalue weighted by atomic mass is 19.2. The fourth-order valence-electron chi connectivity index (χ4n) is 8.10. The van der Waals surface area contributed by atoms with E-state index in [0.717, 1.165) is 25.1 Å². The number of carbonyl (C=O) groups is 1. The predicted molar refractivity (Wildman–Crippen MR) is 190 cm³/mol. The molecule has 17 heteroatoms. The molecule has 1 saturated carbocycles. The lowest BCUT2D eigenvalue weighted by molar-refractivity contribution is 0.0636. The first-order chi connectivity index (χ1) is 26.9. The minimum Gasteiger partial charge on any atom is -0.461 e. The van der Waals surface area contributed by atoms with Crippen LogP contribution in [0.25, 0.3) is 32.9 Å². The van der Waals surface area contributed by atoms with Crippen LogP contribution in [0.2, 0.25) is 0 Å². The standard InChI is InChI=1S/C38H38F6N6O5/c1-37(2,3)55-36(51)46-21-9-20-10-25(41)28(43)33(54-18-40)26(20)22(11-21)30-29(44)31-23(14-45-30)34(50-7-8-52-16-24-27(42)32(24)50)48-35(47-31)53-17-38-5-4-6-49(38)15-19(12-38)13-39/h9-11,13-14,24,27,32H,4-8,12,15-18H2,1-3H3,(H,46,51)/b19-13-/t24-,27-,32-,38-/m0/s1/i18D2. The fraction of sp³-hybridized carbons (Fsp3) is 0.474. The van der Waals surface area contributed by atoms with E-state index in [1.54, 1.807) is 25.7 Å². The summed E-state index contributed by atoms with van der Waals surface area (Å²) < 4.78 is 127. The second-order valence-electron chi connectivity index (χ2n) is 15.3. The van der Waals surface area contributed by atoms with Crippen LogP contribution in [-0.4, -0.2) is 95.6 Å². The third-order valence-electron chi connectivity index (χ3n) is 10.5. The summed E-state index contributed by atoms with van der Waals surface area (Å²) in [7, 11) is 0. The van der Waals surface area contributed by atoms with E-state index in [0.29, 0.717) is 37.4 Å². The highest BCUT2D eigenvalue weighted by molar-refractivity contribution is 6.05. The first-order valence-corrected chi connectivity index (χ1v) is 17.8. The molecule has 4 aliphatic rings. The van der Waals surface area contributed by atoms with Gasteiger partial charge in [0.1, 0.15) is 38.1 Å². The maximum absolute atomic E-state index is 17.3. The topological polar surface area (TPSA) is 111 Å². The van der Waals surface area contributed by atoms with Gasteiger partial charge in [0, 0.05) is 41.8 Å². The van der Waals surface area contributed by atoms with Crippen molar-refractivity contribution < 1.29 is 52.8 Å². The summed E-state index contributed by atoms with van der Waals surface area (Å²) in [6, 6.07) is 2.03. The Labute approximate surface area is 314 Å². The number of hydrogen-bond acceptors (Lipinski definition) is 10. The summed E-state index contributed by atoms with van der Waals surface area (Å²) in [5.41, 5.74) is -2.35. The highest BCUT2D eigenvalue weighted by Gasteiger charge is 2.56. The molecule has 4 fully saturated rings. The lowest BCUT2D eigenvalue weighted by Crippen LogP contribution is -2.43. The molecule has 3 saturated heterocycles. The van der Waals surface area contributed by atoms with Crippen molar-refractivity contribution in [3.8, 4) is 23.0 Å². The minimum atomic E-state index is -4.02. The Hall–Kier alpha value is -4.90. The van der Waals surface area contributed by atoms with E-state index in [4.69, 9.17) is 17.0 Å². The van der Waals surface area contributed by atoms with Crippen LogP contribution in [0, 0.1) is 23.4 Å². The molecule has 0 radical (unpaired) electrons. The van der Waals surface area contributed by atoms with E-state index in [2.05, 4.69) is 29.9 Å². The number of carbonyl (C=O) groups excluding carboxylic acids is 1. The van der Waals surface area contributed by atoms with Crippen molar-refractivity contribution in [2.45, 2.75) is 63.4 Å². The maximum Gasteiger partial charge on any atom is 0.412 e. The normalized spacial score (nSPS) is 25.4. The molecule has 3 aliphatic heterocycles.